The van der Waals surface area contributed by atoms with Crippen LogP contribution in [0.15, 0.2) is 65.6 Å². The minimum atomic E-state index is -4.21. The summed E-state index contributed by atoms with van der Waals surface area (Å²) in [5, 5.41) is 4.19. The van der Waals surface area contributed by atoms with Gasteiger partial charge < -0.3 is 10.2 Å². The van der Waals surface area contributed by atoms with E-state index in [1.54, 1.807) is 55.5 Å². The Morgan fingerprint density at radius 3 is 2.23 bits per heavy atom. The first-order valence-electron chi connectivity index (χ1n) is 14.8. The molecule has 3 aromatic carbocycles. The Morgan fingerprint density at radius 1 is 0.909 bits per heavy atom. The highest BCUT2D eigenvalue weighted by molar-refractivity contribution is 7.92. The second-order valence-corrected chi connectivity index (χ2v) is 14.3. The van der Waals surface area contributed by atoms with Crippen LogP contribution in [0.5, 0.6) is 0 Å². The normalized spacial score (nSPS) is 14.6. The van der Waals surface area contributed by atoms with Gasteiger partial charge in [0.05, 0.1) is 20.6 Å². The molecule has 2 amide bonds. The molecule has 0 heterocycles. The maximum atomic E-state index is 14.4. The molecule has 0 spiro atoms. The van der Waals surface area contributed by atoms with Gasteiger partial charge in [-0.25, -0.2) is 8.42 Å². The first kappa shape index (κ1) is 34.1. The highest BCUT2D eigenvalue weighted by Crippen LogP contribution is 2.32. The van der Waals surface area contributed by atoms with E-state index in [-0.39, 0.29) is 29.1 Å². The number of carbonyl (C=O) groups is 2. The van der Waals surface area contributed by atoms with E-state index in [2.05, 4.69) is 5.32 Å². The van der Waals surface area contributed by atoms with E-state index in [1.165, 1.54) is 17.0 Å². The zero-order chi connectivity index (χ0) is 32.0. The zero-order valence-corrected chi connectivity index (χ0v) is 28.2. The van der Waals surface area contributed by atoms with Crippen LogP contribution in [0.4, 0.5) is 5.69 Å². The van der Waals surface area contributed by atoms with E-state index in [1.807, 2.05) is 13.8 Å². The molecule has 1 saturated carbocycles. The molecule has 11 heteroatoms. The molecule has 4 rings (SSSR count). The fourth-order valence-electron chi connectivity index (χ4n) is 5.52. The van der Waals surface area contributed by atoms with Crippen LogP contribution in [-0.4, -0.2) is 43.8 Å². The van der Waals surface area contributed by atoms with Gasteiger partial charge in [0.25, 0.3) is 10.0 Å². The average molecular weight is 679 g/mol. The summed E-state index contributed by atoms with van der Waals surface area (Å²) in [7, 11) is -4.21. The summed E-state index contributed by atoms with van der Waals surface area (Å²) in [6.07, 6.45) is 5.32. The maximum absolute atomic E-state index is 14.4. The second-order valence-electron chi connectivity index (χ2n) is 11.2. The fraction of sp³-hybridized carbons (Fsp3) is 0.394. The number of aryl methyl sites for hydroxylation is 1. The Hall–Kier alpha value is -2.78. The number of amides is 2. The van der Waals surface area contributed by atoms with Crippen molar-refractivity contribution in [2.24, 2.45) is 0 Å². The van der Waals surface area contributed by atoms with Gasteiger partial charge in [-0.15, -0.1) is 0 Å². The summed E-state index contributed by atoms with van der Waals surface area (Å²) < 4.78 is 29.4. The van der Waals surface area contributed by atoms with Crippen LogP contribution in [0.1, 0.15) is 62.1 Å². The number of nitrogens with one attached hydrogen (secondary N) is 1. The van der Waals surface area contributed by atoms with Crippen LogP contribution >= 0.6 is 34.8 Å². The summed E-state index contributed by atoms with van der Waals surface area (Å²) in [4.78, 5) is 29.5. The van der Waals surface area contributed by atoms with Gasteiger partial charge in [-0.3, -0.25) is 13.9 Å². The van der Waals surface area contributed by atoms with E-state index in [9.17, 15) is 18.0 Å². The molecule has 1 aliphatic rings. The fourth-order valence-corrected chi connectivity index (χ4v) is 7.48. The lowest BCUT2D eigenvalue weighted by Crippen LogP contribution is -2.54. The number of anilines is 1. The molecule has 1 aliphatic carbocycles. The quantitative estimate of drug-likeness (QED) is 0.225. The molecule has 0 aliphatic heterocycles. The third kappa shape index (κ3) is 8.08. The number of hydrogen-bond donors (Lipinski definition) is 1. The highest BCUT2D eigenvalue weighted by atomic mass is 35.5. The molecule has 0 aromatic heterocycles. The predicted octanol–water partition coefficient (Wildman–Crippen LogP) is 7.72. The van der Waals surface area contributed by atoms with Crippen LogP contribution in [0.3, 0.4) is 0 Å². The lowest BCUT2D eigenvalue weighted by Gasteiger charge is -2.35. The SMILES string of the molecule is CC[C@H](C(=O)NC1CCCCC1)N(Cc1ccc(Cl)c(Cl)c1)C(=O)CN(c1cccc(Cl)c1C)S(=O)(=O)c1ccc(C)cc1. The number of carbonyl (C=O) groups excluding carboxylic acids is 2. The first-order chi connectivity index (χ1) is 20.9. The van der Waals surface area contributed by atoms with Crippen molar-refractivity contribution in [3.05, 3.63) is 92.4 Å². The number of hydrogen-bond acceptors (Lipinski definition) is 4. The molecular weight excluding hydrogens is 641 g/mol. The molecule has 7 nitrogen and oxygen atoms in total. The van der Waals surface area contributed by atoms with E-state index in [0.29, 0.717) is 32.6 Å². The van der Waals surface area contributed by atoms with E-state index in [4.69, 9.17) is 34.8 Å². The minimum Gasteiger partial charge on any atom is -0.352 e. The number of sulfonamides is 1. The third-order valence-corrected chi connectivity index (χ3v) is 11.0. The second kappa shape index (κ2) is 15.0. The Bertz CT molecular complexity index is 1590. The first-order valence-corrected chi connectivity index (χ1v) is 17.4. The smallest absolute Gasteiger partial charge is 0.264 e. The number of benzene rings is 3. The predicted molar refractivity (Wildman–Crippen MR) is 178 cm³/mol. The number of rotatable bonds is 11. The Labute approximate surface area is 275 Å². The molecule has 44 heavy (non-hydrogen) atoms. The molecule has 0 saturated heterocycles. The summed E-state index contributed by atoms with van der Waals surface area (Å²) in [6.45, 7) is 4.88. The number of halogens is 3. The lowest BCUT2D eigenvalue weighted by molar-refractivity contribution is -0.140. The Balaban J connectivity index is 1.75. The monoisotopic (exact) mass is 677 g/mol. The molecule has 1 fully saturated rings. The van der Waals surface area contributed by atoms with Gasteiger partial charge in [-0.05, 0) is 80.6 Å². The minimum absolute atomic E-state index is 0.0270. The standard InChI is InChI=1S/C33H38Cl3N3O4S/c1-4-30(33(41)37-25-9-6-5-7-10-25)38(20-24-15-18-28(35)29(36)19-24)32(40)21-39(31-12-8-11-27(34)23(31)3)44(42,43)26-16-13-22(2)14-17-26/h8,11-19,25,30H,4-7,9-10,20-21H2,1-3H3,(H,37,41)/t30-/m1/s1. The molecule has 0 unspecified atom stereocenters. The maximum Gasteiger partial charge on any atom is 0.264 e. The van der Waals surface area contributed by atoms with E-state index >= 15 is 0 Å². The number of nitrogens with zero attached hydrogens (tertiary/aromatic N) is 2. The van der Waals surface area contributed by atoms with Crippen molar-refractivity contribution in [2.75, 3.05) is 10.8 Å². The van der Waals surface area contributed by atoms with Crippen LogP contribution < -0.4 is 9.62 Å². The summed E-state index contributed by atoms with van der Waals surface area (Å²) in [5.41, 5.74) is 2.34. The van der Waals surface area contributed by atoms with Gasteiger partial charge in [-0.1, -0.05) is 90.8 Å². The molecule has 3 aromatic rings. The van der Waals surface area contributed by atoms with Crippen molar-refractivity contribution in [2.45, 2.75) is 82.8 Å². The molecule has 236 valence electrons. The van der Waals surface area contributed by atoms with Gasteiger partial charge >= 0.3 is 0 Å². The highest BCUT2D eigenvalue weighted by Gasteiger charge is 2.35. The van der Waals surface area contributed by atoms with Gasteiger partial charge in [0.2, 0.25) is 11.8 Å². The lowest BCUT2D eigenvalue weighted by atomic mass is 9.95. The van der Waals surface area contributed by atoms with Crippen molar-refractivity contribution in [3.63, 3.8) is 0 Å². The summed E-state index contributed by atoms with van der Waals surface area (Å²) in [6, 6.07) is 15.6. The average Bonchev–Trinajstić information content (AvgIpc) is 2.99. The molecular formula is C33H38Cl3N3O4S. The van der Waals surface area contributed by atoms with E-state index < -0.39 is 28.5 Å². The van der Waals surface area contributed by atoms with Crippen molar-refractivity contribution >= 4 is 62.3 Å². The van der Waals surface area contributed by atoms with Gasteiger partial charge in [-0.2, -0.15) is 0 Å². The van der Waals surface area contributed by atoms with Crippen molar-refractivity contribution < 1.29 is 18.0 Å². The third-order valence-electron chi connectivity index (χ3n) is 8.07. The van der Waals surface area contributed by atoms with Gasteiger partial charge in [0, 0.05) is 17.6 Å². The molecule has 1 atom stereocenters. The van der Waals surface area contributed by atoms with Crippen LogP contribution in [-0.2, 0) is 26.2 Å². The van der Waals surface area contributed by atoms with Gasteiger partial charge in [0.1, 0.15) is 12.6 Å². The van der Waals surface area contributed by atoms with Crippen LogP contribution in [0.2, 0.25) is 15.1 Å². The van der Waals surface area contributed by atoms with Crippen molar-refractivity contribution in [1.82, 2.24) is 10.2 Å². The summed E-state index contributed by atoms with van der Waals surface area (Å²) >= 11 is 18.9. The van der Waals surface area contributed by atoms with Crippen LogP contribution in [0.25, 0.3) is 0 Å². The van der Waals surface area contributed by atoms with E-state index in [0.717, 1.165) is 42.0 Å². The van der Waals surface area contributed by atoms with Gasteiger partial charge in [0.15, 0.2) is 0 Å². The van der Waals surface area contributed by atoms with Crippen molar-refractivity contribution in [3.8, 4) is 0 Å². The van der Waals surface area contributed by atoms with Crippen molar-refractivity contribution in [1.29, 1.82) is 0 Å². The Kier molecular flexibility index (Phi) is 11.6. The largest absolute Gasteiger partial charge is 0.352 e. The molecule has 0 radical (unpaired) electrons. The Morgan fingerprint density at radius 2 is 1.59 bits per heavy atom. The van der Waals surface area contributed by atoms with Crippen LogP contribution in [0, 0.1) is 13.8 Å². The molecule has 1 N–H and O–H groups in total. The summed E-state index contributed by atoms with van der Waals surface area (Å²) in [5.74, 6) is -0.809. The molecule has 0 bridgehead atoms. The topological polar surface area (TPSA) is 86.8 Å². The zero-order valence-electron chi connectivity index (χ0n) is 25.2.